The topological polar surface area (TPSA) is 58.6 Å². The number of hydrogen-bond acceptors (Lipinski definition) is 4. The number of nitrogens with zero attached hydrogens (tertiary/aromatic N) is 1. The van der Waals surface area contributed by atoms with E-state index in [0.29, 0.717) is 18.1 Å². The number of amides is 2. The largest absolute Gasteiger partial charge is 0.497 e. The molecule has 0 radical (unpaired) electrons. The van der Waals surface area contributed by atoms with Crippen molar-refractivity contribution in [2.24, 2.45) is 0 Å². The molecule has 0 aliphatic rings. The van der Waals surface area contributed by atoms with Crippen LogP contribution in [0.15, 0.2) is 53.0 Å². The average molecular weight is 493 g/mol. The molecule has 1 N–H and O–H groups in total. The Bertz CT molecular complexity index is 825. The van der Waals surface area contributed by atoms with Gasteiger partial charge in [-0.3, -0.25) is 9.59 Å². The third-order valence-corrected chi connectivity index (χ3v) is 6.03. The Morgan fingerprint density at radius 3 is 2.20 bits per heavy atom. The van der Waals surface area contributed by atoms with Crippen LogP contribution in [0.4, 0.5) is 0 Å². The van der Waals surface area contributed by atoms with Crippen molar-refractivity contribution in [1.29, 1.82) is 0 Å². The summed E-state index contributed by atoms with van der Waals surface area (Å²) < 4.78 is 6.15. The highest BCUT2D eigenvalue weighted by Gasteiger charge is 2.26. The molecule has 1 atom stereocenters. The van der Waals surface area contributed by atoms with E-state index in [1.54, 1.807) is 30.7 Å². The van der Waals surface area contributed by atoms with Crippen LogP contribution in [0.2, 0.25) is 0 Å². The van der Waals surface area contributed by atoms with E-state index in [2.05, 4.69) is 21.2 Å². The standard InChI is InChI=1S/C23H29BrN2O3S/c1-16(2)25-23(28)17(3)26(13-18-5-9-20(24)10-6-18)22(27)15-30-14-19-7-11-21(29-4)12-8-19/h5-12,16-17H,13-15H2,1-4H3,(H,25,28)/t17-/m1/s1. The second-order valence-corrected chi connectivity index (χ2v) is 9.23. The van der Waals surface area contributed by atoms with Gasteiger partial charge in [0.2, 0.25) is 11.8 Å². The predicted molar refractivity (Wildman–Crippen MR) is 127 cm³/mol. The summed E-state index contributed by atoms with van der Waals surface area (Å²) in [6, 6.07) is 15.1. The zero-order valence-corrected chi connectivity index (χ0v) is 20.3. The van der Waals surface area contributed by atoms with Gasteiger partial charge in [-0.05, 0) is 56.2 Å². The fraction of sp³-hybridized carbons (Fsp3) is 0.391. The molecule has 7 heteroatoms. The molecule has 0 heterocycles. The van der Waals surface area contributed by atoms with Crippen molar-refractivity contribution in [3.8, 4) is 5.75 Å². The van der Waals surface area contributed by atoms with Crippen molar-refractivity contribution in [2.45, 2.75) is 45.2 Å². The highest BCUT2D eigenvalue weighted by molar-refractivity contribution is 9.10. The minimum Gasteiger partial charge on any atom is -0.497 e. The molecular formula is C23H29BrN2O3S. The smallest absolute Gasteiger partial charge is 0.242 e. The first kappa shape index (κ1) is 24.3. The van der Waals surface area contributed by atoms with Crippen LogP contribution in [0.5, 0.6) is 5.75 Å². The fourth-order valence-corrected chi connectivity index (χ4v) is 3.97. The molecule has 0 spiro atoms. The Morgan fingerprint density at radius 2 is 1.63 bits per heavy atom. The Hall–Kier alpha value is -1.99. The van der Waals surface area contributed by atoms with E-state index in [-0.39, 0.29) is 17.9 Å². The Labute approximate surface area is 191 Å². The first-order valence-electron chi connectivity index (χ1n) is 9.85. The molecule has 2 amide bonds. The molecule has 0 aliphatic heterocycles. The summed E-state index contributed by atoms with van der Waals surface area (Å²) in [6.07, 6.45) is 0. The molecule has 30 heavy (non-hydrogen) atoms. The number of halogens is 1. The quantitative estimate of drug-likeness (QED) is 0.524. The zero-order chi connectivity index (χ0) is 22.1. The van der Waals surface area contributed by atoms with Crippen LogP contribution in [0.1, 0.15) is 31.9 Å². The van der Waals surface area contributed by atoms with Gasteiger partial charge in [0.1, 0.15) is 11.8 Å². The monoisotopic (exact) mass is 492 g/mol. The number of nitrogens with one attached hydrogen (secondary N) is 1. The summed E-state index contributed by atoms with van der Waals surface area (Å²) in [6.45, 7) is 6.00. The van der Waals surface area contributed by atoms with Gasteiger partial charge >= 0.3 is 0 Å². The minimum atomic E-state index is -0.551. The van der Waals surface area contributed by atoms with Crippen molar-refractivity contribution < 1.29 is 14.3 Å². The van der Waals surface area contributed by atoms with Crippen molar-refractivity contribution in [3.63, 3.8) is 0 Å². The van der Waals surface area contributed by atoms with Gasteiger partial charge in [0, 0.05) is 22.8 Å². The Kier molecular flexibility index (Phi) is 9.72. The zero-order valence-electron chi connectivity index (χ0n) is 17.9. The van der Waals surface area contributed by atoms with Crippen LogP contribution in [0.3, 0.4) is 0 Å². The van der Waals surface area contributed by atoms with Gasteiger partial charge in [0.05, 0.1) is 12.9 Å². The fourth-order valence-electron chi connectivity index (χ4n) is 2.84. The highest BCUT2D eigenvalue weighted by Crippen LogP contribution is 2.19. The average Bonchev–Trinajstić information content (AvgIpc) is 2.72. The lowest BCUT2D eigenvalue weighted by Crippen LogP contribution is -2.49. The predicted octanol–water partition coefficient (Wildman–Crippen LogP) is 4.63. The molecule has 0 fully saturated rings. The van der Waals surface area contributed by atoms with E-state index < -0.39 is 6.04 Å². The third kappa shape index (κ3) is 7.69. The number of rotatable bonds is 10. The van der Waals surface area contributed by atoms with E-state index in [1.807, 2.05) is 62.4 Å². The summed E-state index contributed by atoms with van der Waals surface area (Å²) in [5, 5.41) is 2.91. The summed E-state index contributed by atoms with van der Waals surface area (Å²) in [7, 11) is 1.64. The van der Waals surface area contributed by atoms with E-state index in [9.17, 15) is 9.59 Å². The summed E-state index contributed by atoms with van der Waals surface area (Å²) >= 11 is 4.97. The molecule has 0 aromatic heterocycles. The number of benzene rings is 2. The van der Waals surface area contributed by atoms with Crippen LogP contribution in [0, 0.1) is 0 Å². The van der Waals surface area contributed by atoms with E-state index >= 15 is 0 Å². The van der Waals surface area contributed by atoms with Gasteiger partial charge in [0.25, 0.3) is 0 Å². The Balaban J connectivity index is 2.04. The number of carbonyl (C=O) groups excluding carboxylic acids is 2. The second-order valence-electron chi connectivity index (χ2n) is 7.33. The van der Waals surface area contributed by atoms with Crippen LogP contribution in [0.25, 0.3) is 0 Å². The molecule has 0 saturated heterocycles. The van der Waals surface area contributed by atoms with E-state index in [4.69, 9.17) is 4.74 Å². The molecule has 0 bridgehead atoms. The van der Waals surface area contributed by atoms with Crippen molar-refractivity contribution >= 4 is 39.5 Å². The maximum atomic E-state index is 13.0. The molecule has 2 rings (SSSR count). The maximum absolute atomic E-state index is 13.0. The van der Waals surface area contributed by atoms with Crippen LogP contribution >= 0.6 is 27.7 Å². The SMILES string of the molecule is COc1ccc(CSCC(=O)N(Cc2ccc(Br)cc2)[C@H](C)C(=O)NC(C)C)cc1. The van der Waals surface area contributed by atoms with Gasteiger partial charge in [-0.15, -0.1) is 11.8 Å². The van der Waals surface area contributed by atoms with Crippen molar-refractivity contribution in [3.05, 3.63) is 64.1 Å². The van der Waals surface area contributed by atoms with E-state index in [1.165, 1.54) is 0 Å². The first-order chi connectivity index (χ1) is 14.3. The van der Waals surface area contributed by atoms with Gasteiger partial charge in [-0.1, -0.05) is 40.2 Å². The minimum absolute atomic E-state index is 0.0222. The van der Waals surface area contributed by atoms with Crippen LogP contribution < -0.4 is 10.1 Å². The summed E-state index contributed by atoms with van der Waals surface area (Å²) in [5.41, 5.74) is 2.11. The third-order valence-electron chi connectivity index (χ3n) is 4.52. The summed E-state index contributed by atoms with van der Waals surface area (Å²) in [4.78, 5) is 27.3. The number of methoxy groups -OCH3 is 1. The summed E-state index contributed by atoms with van der Waals surface area (Å²) in [5.74, 6) is 1.64. The molecular weight excluding hydrogens is 464 g/mol. The lowest BCUT2D eigenvalue weighted by atomic mass is 10.1. The number of ether oxygens (including phenoxy) is 1. The molecule has 0 saturated carbocycles. The second kappa shape index (κ2) is 12.0. The van der Waals surface area contributed by atoms with Crippen molar-refractivity contribution in [2.75, 3.05) is 12.9 Å². The van der Waals surface area contributed by atoms with Gasteiger partial charge in [0.15, 0.2) is 0 Å². The lowest BCUT2D eigenvalue weighted by Gasteiger charge is -2.29. The molecule has 0 unspecified atom stereocenters. The number of hydrogen-bond donors (Lipinski definition) is 1. The molecule has 5 nitrogen and oxygen atoms in total. The van der Waals surface area contributed by atoms with Gasteiger partial charge < -0.3 is 15.0 Å². The molecule has 162 valence electrons. The molecule has 2 aromatic rings. The van der Waals surface area contributed by atoms with Gasteiger partial charge in [-0.25, -0.2) is 0 Å². The van der Waals surface area contributed by atoms with E-state index in [0.717, 1.165) is 21.3 Å². The van der Waals surface area contributed by atoms with Crippen LogP contribution in [-0.2, 0) is 21.9 Å². The normalized spacial score (nSPS) is 11.8. The maximum Gasteiger partial charge on any atom is 0.242 e. The lowest BCUT2D eigenvalue weighted by molar-refractivity contribution is -0.138. The first-order valence-corrected chi connectivity index (χ1v) is 11.8. The number of thioether (sulfide) groups is 1. The molecule has 0 aliphatic carbocycles. The molecule has 2 aromatic carbocycles. The van der Waals surface area contributed by atoms with Crippen LogP contribution in [-0.4, -0.2) is 41.7 Å². The highest BCUT2D eigenvalue weighted by atomic mass is 79.9. The number of carbonyl (C=O) groups is 2. The van der Waals surface area contributed by atoms with Crippen molar-refractivity contribution in [1.82, 2.24) is 10.2 Å². The Morgan fingerprint density at radius 1 is 1.03 bits per heavy atom. The van der Waals surface area contributed by atoms with Gasteiger partial charge in [-0.2, -0.15) is 0 Å².